The van der Waals surface area contributed by atoms with Crippen LogP contribution in [0.1, 0.15) is 12.8 Å². The van der Waals surface area contributed by atoms with Crippen molar-refractivity contribution in [3.05, 3.63) is 24.3 Å². The molecule has 2 rings (SSSR count). The number of nitrogens with zero attached hydrogens (tertiary/aromatic N) is 1. The van der Waals surface area contributed by atoms with Crippen LogP contribution in [0, 0.1) is 0 Å². The Kier molecular flexibility index (Phi) is 3.45. The van der Waals surface area contributed by atoms with Crippen molar-refractivity contribution in [3.63, 3.8) is 0 Å². The Balaban J connectivity index is 2.05. The summed E-state index contributed by atoms with van der Waals surface area (Å²) in [7, 11) is 0. The quantitative estimate of drug-likeness (QED) is 0.818. The van der Waals surface area contributed by atoms with E-state index in [1.807, 2.05) is 4.90 Å². The predicted molar refractivity (Wildman–Crippen MR) is 59.6 cm³/mol. The number of carbonyl (C=O) groups is 1. The molecule has 0 spiro atoms. The van der Waals surface area contributed by atoms with Crippen LogP contribution in [-0.2, 0) is 4.79 Å². The van der Waals surface area contributed by atoms with Crippen molar-refractivity contribution >= 4 is 11.5 Å². The molecular weight excluding hydrogens is 247 g/mol. The van der Waals surface area contributed by atoms with Gasteiger partial charge in [0.15, 0.2) is 5.78 Å². The molecule has 0 atom stereocenters. The fourth-order valence-electron chi connectivity index (χ4n) is 1.92. The number of carbonyl (C=O) groups excluding carboxylic acids is 1. The zero-order valence-corrected chi connectivity index (χ0v) is 9.54. The number of halogens is 3. The number of ether oxygens (including phenoxy) is 1. The molecule has 18 heavy (non-hydrogen) atoms. The Labute approximate surface area is 102 Å². The molecule has 0 radical (unpaired) electrons. The SMILES string of the molecule is O=C1CCCN(c2ccc(OC(F)(F)F)cc2)C1. The van der Waals surface area contributed by atoms with Gasteiger partial charge in [-0.25, -0.2) is 0 Å². The molecule has 0 unspecified atom stereocenters. The third kappa shape index (κ3) is 3.38. The normalized spacial score (nSPS) is 16.8. The summed E-state index contributed by atoms with van der Waals surface area (Å²) >= 11 is 0. The number of ketones is 1. The molecule has 1 fully saturated rings. The van der Waals surface area contributed by atoms with Crippen molar-refractivity contribution in [2.75, 3.05) is 18.0 Å². The minimum absolute atomic E-state index is 0.150. The van der Waals surface area contributed by atoms with E-state index in [2.05, 4.69) is 4.74 Å². The van der Waals surface area contributed by atoms with Gasteiger partial charge < -0.3 is 9.64 Å². The van der Waals surface area contributed by atoms with E-state index in [9.17, 15) is 18.0 Å². The van der Waals surface area contributed by atoms with E-state index in [1.54, 1.807) is 0 Å². The molecule has 0 aromatic heterocycles. The lowest BCUT2D eigenvalue weighted by Crippen LogP contribution is -2.35. The second-order valence-corrected chi connectivity index (χ2v) is 4.11. The number of benzene rings is 1. The van der Waals surface area contributed by atoms with E-state index in [0.29, 0.717) is 13.0 Å². The van der Waals surface area contributed by atoms with Crippen molar-refractivity contribution in [3.8, 4) is 5.75 Å². The molecule has 0 bridgehead atoms. The maximum atomic E-state index is 12.0. The lowest BCUT2D eigenvalue weighted by Gasteiger charge is -2.27. The van der Waals surface area contributed by atoms with Crippen LogP contribution >= 0.6 is 0 Å². The van der Waals surface area contributed by atoms with Crippen LogP contribution in [0.25, 0.3) is 0 Å². The summed E-state index contributed by atoms with van der Waals surface area (Å²) in [4.78, 5) is 13.1. The number of rotatable bonds is 2. The van der Waals surface area contributed by atoms with Crippen LogP contribution in [-0.4, -0.2) is 25.2 Å². The largest absolute Gasteiger partial charge is 0.573 e. The molecule has 1 aromatic carbocycles. The summed E-state index contributed by atoms with van der Waals surface area (Å²) in [5.74, 6) is -0.105. The lowest BCUT2D eigenvalue weighted by atomic mass is 10.1. The lowest BCUT2D eigenvalue weighted by molar-refractivity contribution is -0.274. The molecule has 6 heteroatoms. The van der Waals surface area contributed by atoms with E-state index in [-0.39, 0.29) is 11.5 Å². The Morgan fingerprint density at radius 2 is 1.83 bits per heavy atom. The highest BCUT2D eigenvalue weighted by molar-refractivity contribution is 5.84. The number of piperidine rings is 1. The molecular formula is C12H12F3NO2. The monoisotopic (exact) mass is 259 g/mol. The summed E-state index contributed by atoms with van der Waals surface area (Å²) in [6.45, 7) is 1.06. The van der Waals surface area contributed by atoms with E-state index >= 15 is 0 Å². The van der Waals surface area contributed by atoms with Crippen molar-refractivity contribution in [2.45, 2.75) is 19.2 Å². The molecule has 98 valence electrons. The van der Waals surface area contributed by atoms with E-state index in [4.69, 9.17) is 0 Å². The zero-order chi connectivity index (χ0) is 13.2. The predicted octanol–water partition coefficient (Wildman–Crippen LogP) is 2.75. The Bertz CT molecular complexity index is 428. The first-order valence-electron chi connectivity index (χ1n) is 5.56. The van der Waals surface area contributed by atoms with Gasteiger partial charge in [-0.15, -0.1) is 13.2 Å². The van der Waals surface area contributed by atoms with Gasteiger partial charge in [0.1, 0.15) is 5.75 Å². The van der Waals surface area contributed by atoms with Crippen LogP contribution in [0.4, 0.5) is 18.9 Å². The van der Waals surface area contributed by atoms with Gasteiger partial charge in [0.2, 0.25) is 0 Å². The highest BCUT2D eigenvalue weighted by Gasteiger charge is 2.31. The van der Waals surface area contributed by atoms with Gasteiger partial charge in [-0.3, -0.25) is 4.79 Å². The van der Waals surface area contributed by atoms with Gasteiger partial charge in [0, 0.05) is 18.7 Å². The molecule has 0 aliphatic carbocycles. The minimum atomic E-state index is -4.68. The number of hydrogen-bond acceptors (Lipinski definition) is 3. The van der Waals surface area contributed by atoms with Crippen LogP contribution in [0.2, 0.25) is 0 Å². The van der Waals surface area contributed by atoms with Gasteiger partial charge in [-0.1, -0.05) is 0 Å². The summed E-state index contributed by atoms with van der Waals surface area (Å²) in [6, 6.07) is 5.56. The van der Waals surface area contributed by atoms with Crippen LogP contribution in [0.15, 0.2) is 24.3 Å². The fraction of sp³-hybridized carbons (Fsp3) is 0.417. The summed E-state index contributed by atoms with van der Waals surface area (Å²) in [5, 5.41) is 0. The topological polar surface area (TPSA) is 29.5 Å². The molecule has 0 N–H and O–H groups in total. The van der Waals surface area contributed by atoms with Crippen LogP contribution < -0.4 is 9.64 Å². The van der Waals surface area contributed by atoms with Crippen molar-refractivity contribution in [2.24, 2.45) is 0 Å². The fourth-order valence-corrected chi connectivity index (χ4v) is 1.92. The van der Waals surface area contributed by atoms with Crippen LogP contribution in [0.5, 0.6) is 5.75 Å². The smallest absolute Gasteiger partial charge is 0.406 e. The first kappa shape index (κ1) is 12.7. The van der Waals surface area contributed by atoms with Gasteiger partial charge in [-0.2, -0.15) is 0 Å². The molecule has 1 aromatic rings. The second-order valence-electron chi connectivity index (χ2n) is 4.11. The summed E-state index contributed by atoms with van der Waals surface area (Å²) in [5.41, 5.74) is 0.734. The molecule has 1 aliphatic heterocycles. The number of alkyl halides is 3. The Morgan fingerprint density at radius 3 is 2.39 bits per heavy atom. The Hall–Kier alpha value is -1.72. The van der Waals surface area contributed by atoms with E-state index in [1.165, 1.54) is 24.3 Å². The standard InChI is InChI=1S/C12H12F3NO2/c13-12(14,15)18-11-5-3-9(4-6-11)16-7-1-2-10(17)8-16/h3-6H,1-2,7-8H2. The van der Waals surface area contributed by atoms with E-state index in [0.717, 1.165) is 18.7 Å². The molecule has 3 nitrogen and oxygen atoms in total. The number of Topliss-reactive ketones (excluding diaryl/α,β-unsaturated/α-hetero) is 1. The Morgan fingerprint density at radius 1 is 1.17 bits per heavy atom. The second kappa shape index (κ2) is 4.88. The maximum Gasteiger partial charge on any atom is 0.573 e. The molecule has 1 aliphatic rings. The maximum absolute atomic E-state index is 12.0. The molecule has 0 amide bonds. The number of anilines is 1. The molecule has 0 saturated carbocycles. The van der Waals surface area contributed by atoms with Gasteiger partial charge in [-0.05, 0) is 30.7 Å². The zero-order valence-electron chi connectivity index (χ0n) is 9.54. The number of hydrogen-bond donors (Lipinski definition) is 0. The van der Waals surface area contributed by atoms with Gasteiger partial charge in [0.25, 0.3) is 0 Å². The van der Waals surface area contributed by atoms with Crippen molar-refractivity contribution in [1.29, 1.82) is 0 Å². The highest BCUT2D eigenvalue weighted by atomic mass is 19.4. The molecule has 1 heterocycles. The van der Waals surface area contributed by atoms with Crippen LogP contribution in [0.3, 0.4) is 0 Å². The first-order chi connectivity index (χ1) is 8.44. The van der Waals surface area contributed by atoms with Gasteiger partial charge >= 0.3 is 6.36 Å². The average molecular weight is 259 g/mol. The highest BCUT2D eigenvalue weighted by Crippen LogP contribution is 2.26. The minimum Gasteiger partial charge on any atom is -0.406 e. The van der Waals surface area contributed by atoms with E-state index < -0.39 is 6.36 Å². The third-order valence-corrected chi connectivity index (χ3v) is 2.69. The third-order valence-electron chi connectivity index (χ3n) is 2.69. The summed E-state index contributed by atoms with van der Waals surface area (Å²) < 4.78 is 39.7. The summed E-state index contributed by atoms with van der Waals surface area (Å²) in [6.07, 6.45) is -3.33. The average Bonchev–Trinajstić information content (AvgIpc) is 2.28. The molecule has 1 saturated heterocycles. The van der Waals surface area contributed by atoms with Crippen molar-refractivity contribution < 1.29 is 22.7 Å². The van der Waals surface area contributed by atoms with Crippen molar-refractivity contribution in [1.82, 2.24) is 0 Å². The van der Waals surface area contributed by atoms with Gasteiger partial charge in [0.05, 0.1) is 6.54 Å². The first-order valence-corrected chi connectivity index (χ1v) is 5.56.